The van der Waals surface area contributed by atoms with Gasteiger partial charge in [0.2, 0.25) is 0 Å². The molecule has 0 atom stereocenters. The van der Waals surface area contributed by atoms with Crippen LogP contribution in [0, 0.1) is 6.92 Å². The maximum Gasteiger partial charge on any atom is 0.191 e. The first-order valence-electron chi connectivity index (χ1n) is 9.04. The molecule has 0 aliphatic heterocycles. The molecule has 0 saturated heterocycles. The number of hydrogen-bond acceptors (Lipinski definition) is 5. The summed E-state index contributed by atoms with van der Waals surface area (Å²) in [5, 5.41) is 14.7. The van der Waals surface area contributed by atoms with Crippen LogP contribution < -0.4 is 4.74 Å². The van der Waals surface area contributed by atoms with Gasteiger partial charge in [0, 0.05) is 23.9 Å². The second-order valence-electron chi connectivity index (χ2n) is 6.48. The van der Waals surface area contributed by atoms with E-state index in [-0.39, 0.29) is 0 Å². The third-order valence-corrected chi connectivity index (χ3v) is 6.09. The van der Waals surface area contributed by atoms with E-state index < -0.39 is 0 Å². The molecule has 0 aliphatic carbocycles. The van der Waals surface area contributed by atoms with E-state index in [4.69, 9.17) is 16.3 Å². The molecule has 0 radical (unpaired) electrons. The Morgan fingerprint density at radius 3 is 2.45 bits per heavy atom. The van der Waals surface area contributed by atoms with Crippen molar-refractivity contribution in [2.45, 2.75) is 17.8 Å². The van der Waals surface area contributed by atoms with Gasteiger partial charge in [0.15, 0.2) is 11.0 Å². The van der Waals surface area contributed by atoms with Crippen molar-refractivity contribution in [1.82, 2.24) is 24.5 Å². The topological polar surface area (TPSA) is 57.8 Å². The Labute approximate surface area is 178 Å². The molecule has 2 aromatic heterocycles. The summed E-state index contributed by atoms with van der Waals surface area (Å²) in [6.45, 7) is 1.97. The Morgan fingerprint density at radius 1 is 1.03 bits per heavy atom. The molecule has 2 aromatic carbocycles. The standard InChI is InChI=1S/C21H20ClN5OS/c1-14-18(19(22)27(25-14)16-7-5-4-6-8-16)13-29-21-24-23-20(26(21)2)15-9-11-17(28-3)12-10-15/h4-12H,13H2,1-3H3. The monoisotopic (exact) mass is 425 g/mol. The van der Waals surface area contributed by atoms with E-state index >= 15 is 0 Å². The number of nitrogens with zero attached hydrogens (tertiary/aromatic N) is 5. The second-order valence-corrected chi connectivity index (χ2v) is 7.79. The highest BCUT2D eigenvalue weighted by Crippen LogP contribution is 2.31. The first-order chi connectivity index (χ1) is 14.1. The molecule has 0 fully saturated rings. The third-order valence-electron chi connectivity index (χ3n) is 4.65. The van der Waals surface area contributed by atoms with Gasteiger partial charge in [-0.3, -0.25) is 0 Å². The Kier molecular flexibility index (Phi) is 5.60. The number of hydrogen-bond donors (Lipinski definition) is 0. The fraction of sp³-hybridized carbons (Fsp3) is 0.190. The van der Waals surface area contributed by atoms with Crippen molar-refractivity contribution in [1.29, 1.82) is 0 Å². The van der Waals surface area contributed by atoms with Crippen LogP contribution >= 0.6 is 23.4 Å². The van der Waals surface area contributed by atoms with Gasteiger partial charge in [-0.1, -0.05) is 41.6 Å². The summed E-state index contributed by atoms with van der Waals surface area (Å²) in [5.41, 5.74) is 3.83. The SMILES string of the molecule is COc1ccc(-c2nnc(SCc3c(C)nn(-c4ccccc4)c3Cl)n2C)cc1. The smallest absolute Gasteiger partial charge is 0.191 e. The highest BCUT2D eigenvalue weighted by atomic mass is 35.5. The van der Waals surface area contributed by atoms with E-state index in [1.165, 1.54) is 0 Å². The quantitative estimate of drug-likeness (QED) is 0.410. The average Bonchev–Trinajstić information content (AvgIpc) is 3.26. The van der Waals surface area contributed by atoms with Gasteiger partial charge in [-0.25, -0.2) is 4.68 Å². The molecule has 0 spiro atoms. The lowest BCUT2D eigenvalue weighted by Gasteiger charge is -2.05. The largest absolute Gasteiger partial charge is 0.497 e. The summed E-state index contributed by atoms with van der Waals surface area (Å²) in [6, 6.07) is 17.7. The number of para-hydroxylation sites is 1. The van der Waals surface area contributed by atoms with Crippen molar-refractivity contribution in [3.8, 4) is 22.8 Å². The predicted molar refractivity (Wildman–Crippen MR) is 116 cm³/mol. The van der Waals surface area contributed by atoms with Crippen molar-refractivity contribution >= 4 is 23.4 Å². The molecule has 148 valence electrons. The van der Waals surface area contributed by atoms with Crippen LogP contribution in [0.5, 0.6) is 5.75 Å². The molecule has 0 unspecified atom stereocenters. The fourth-order valence-electron chi connectivity index (χ4n) is 3.00. The van der Waals surface area contributed by atoms with Gasteiger partial charge in [-0.05, 0) is 43.3 Å². The van der Waals surface area contributed by atoms with Crippen LogP contribution in [-0.4, -0.2) is 31.7 Å². The minimum absolute atomic E-state index is 0.624. The Balaban J connectivity index is 1.54. The third kappa shape index (κ3) is 3.88. The number of aromatic nitrogens is 5. The van der Waals surface area contributed by atoms with Gasteiger partial charge in [0.1, 0.15) is 10.9 Å². The van der Waals surface area contributed by atoms with E-state index in [1.54, 1.807) is 23.6 Å². The predicted octanol–water partition coefficient (Wildman–Crippen LogP) is 4.93. The number of halogens is 1. The first-order valence-corrected chi connectivity index (χ1v) is 10.4. The van der Waals surface area contributed by atoms with Gasteiger partial charge < -0.3 is 9.30 Å². The molecule has 4 aromatic rings. The number of rotatable bonds is 6. The van der Waals surface area contributed by atoms with Gasteiger partial charge >= 0.3 is 0 Å². The molecule has 6 nitrogen and oxygen atoms in total. The number of aryl methyl sites for hydroxylation is 1. The molecule has 2 heterocycles. The van der Waals surface area contributed by atoms with E-state index in [0.717, 1.165) is 39.2 Å². The molecule has 8 heteroatoms. The summed E-state index contributed by atoms with van der Waals surface area (Å²) in [5.74, 6) is 2.27. The molecule has 0 saturated carbocycles. The van der Waals surface area contributed by atoms with Crippen molar-refractivity contribution in [3.05, 3.63) is 71.0 Å². The maximum absolute atomic E-state index is 6.63. The number of ether oxygens (including phenoxy) is 1. The zero-order valence-corrected chi connectivity index (χ0v) is 17.9. The van der Waals surface area contributed by atoms with E-state index in [2.05, 4.69) is 15.3 Å². The highest BCUT2D eigenvalue weighted by molar-refractivity contribution is 7.98. The van der Waals surface area contributed by atoms with Crippen molar-refractivity contribution < 1.29 is 4.74 Å². The van der Waals surface area contributed by atoms with E-state index in [0.29, 0.717) is 10.9 Å². The number of benzene rings is 2. The Hall–Kier alpha value is -2.77. The summed E-state index contributed by atoms with van der Waals surface area (Å²) >= 11 is 8.22. The van der Waals surface area contributed by atoms with Crippen LogP contribution in [0.25, 0.3) is 17.1 Å². The summed E-state index contributed by atoms with van der Waals surface area (Å²) < 4.78 is 8.97. The molecular weight excluding hydrogens is 406 g/mol. The second kappa shape index (κ2) is 8.31. The molecule has 0 aliphatic rings. The van der Waals surface area contributed by atoms with Crippen LogP contribution in [0.3, 0.4) is 0 Å². The molecule has 0 bridgehead atoms. The van der Waals surface area contributed by atoms with Crippen molar-refractivity contribution in [2.75, 3.05) is 7.11 Å². The lowest BCUT2D eigenvalue weighted by Crippen LogP contribution is -1.96. The first kappa shape index (κ1) is 19.5. The Bertz CT molecular complexity index is 1120. The molecule has 0 amide bonds. The van der Waals surface area contributed by atoms with Gasteiger partial charge in [-0.2, -0.15) is 5.10 Å². The maximum atomic E-state index is 6.63. The lowest BCUT2D eigenvalue weighted by atomic mass is 10.2. The van der Waals surface area contributed by atoms with Crippen LogP contribution in [0.1, 0.15) is 11.3 Å². The fourth-order valence-corrected chi connectivity index (χ4v) is 4.42. The summed E-state index contributed by atoms with van der Waals surface area (Å²) in [7, 11) is 3.61. The molecule has 29 heavy (non-hydrogen) atoms. The normalized spacial score (nSPS) is 11.0. The zero-order valence-electron chi connectivity index (χ0n) is 16.3. The summed E-state index contributed by atoms with van der Waals surface area (Å²) in [6.07, 6.45) is 0. The van der Waals surface area contributed by atoms with Crippen molar-refractivity contribution in [3.63, 3.8) is 0 Å². The van der Waals surface area contributed by atoms with E-state index in [1.807, 2.05) is 73.1 Å². The van der Waals surface area contributed by atoms with Crippen LogP contribution in [0.15, 0.2) is 59.8 Å². The molecule has 4 rings (SSSR count). The minimum atomic E-state index is 0.624. The van der Waals surface area contributed by atoms with Crippen LogP contribution in [0.4, 0.5) is 0 Å². The van der Waals surface area contributed by atoms with Crippen LogP contribution in [-0.2, 0) is 12.8 Å². The molecule has 0 N–H and O–H groups in total. The van der Waals surface area contributed by atoms with Gasteiger partial charge in [-0.15, -0.1) is 10.2 Å². The average molecular weight is 426 g/mol. The molecular formula is C21H20ClN5OS. The van der Waals surface area contributed by atoms with Gasteiger partial charge in [0.25, 0.3) is 0 Å². The van der Waals surface area contributed by atoms with E-state index in [9.17, 15) is 0 Å². The van der Waals surface area contributed by atoms with Gasteiger partial charge in [0.05, 0.1) is 18.5 Å². The van der Waals surface area contributed by atoms with Crippen LogP contribution in [0.2, 0.25) is 5.15 Å². The highest BCUT2D eigenvalue weighted by Gasteiger charge is 2.17. The minimum Gasteiger partial charge on any atom is -0.497 e. The van der Waals surface area contributed by atoms with Crippen molar-refractivity contribution in [2.24, 2.45) is 7.05 Å². The lowest BCUT2D eigenvalue weighted by molar-refractivity contribution is 0.415. The number of thioether (sulfide) groups is 1. The zero-order chi connectivity index (χ0) is 20.4. The number of methoxy groups -OCH3 is 1. The Morgan fingerprint density at radius 2 is 1.76 bits per heavy atom. The summed E-state index contributed by atoms with van der Waals surface area (Å²) in [4.78, 5) is 0.